The lowest BCUT2D eigenvalue weighted by molar-refractivity contribution is 0.660. The molecule has 52 heavy (non-hydrogen) atoms. The Morgan fingerprint density at radius 2 is 1.00 bits per heavy atom. The summed E-state index contributed by atoms with van der Waals surface area (Å²) in [7, 11) is 0. The van der Waals surface area contributed by atoms with Gasteiger partial charge in [-0.15, -0.1) is 0 Å². The van der Waals surface area contributed by atoms with E-state index in [1.54, 1.807) is 0 Å². The van der Waals surface area contributed by atoms with E-state index in [9.17, 15) is 5.48 Å². The molecule has 1 heteroatoms. The van der Waals surface area contributed by atoms with Crippen LogP contribution in [0, 0.1) is 0 Å². The lowest BCUT2D eigenvalue weighted by Crippen LogP contribution is -2.16. The van der Waals surface area contributed by atoms with Crippen molar-refractivity contribution in [3.8, 4) is 33.4 Å². The highest BCUT2D eigenvalue weighted by atomic mass is 15.1. The van der Waals surface area contributed by atoms with Gasteiger partial charge in [0.25, 0.3) is 0 Å². The number of hydrogen-bond acceptors (Lipinski definition) is 1. The molecular formula is C51H37N. The fourth-order valence-electron chi connectivity index (χ4n) is 8.16. The summed E-state index contributed by atoms with van der Waals surface area (Å²) in [6.07, 6.45) is 0. The fraction of sp³-hybridized carbons (Fsp3) is 0.0588. The van der Waals surface area contributed by atoms with E-state index in [1.165, 1.54) is 16.5 Å². The van der Waals surface area contributed by atoms with Crippen LogP contribution in [-0.2, 0) is 5.41 Å². The SMILES string of the molecule is [2H]c1c([2H])c(N(c2cccc(-c3ccc4ccccc4c3)c2)c2ccc3c(c2)C(C)(C)c2ccccc2-3)c([2H])c([2H])c1-c1ccc2c(ccc3ccccc32)c1. The molecule has 0 atom stereocenters. The lowest BCUT2D eigenvalue weighted by Gasteiger charge is -2.28. The van der Waals surface area contributed by atoms with Crippen molar-refractivity contribution in [3.05, 3.63) is 199 Å². The average molecular weight is 668 g/mol. The Balaban J connectivity index is 1.17. The van der Waals surface area contributed by atoms with Gasteiger partial charge >= 0.3 is 0 Å². The van der Waals surface area contributed by atoms with Crippen molar-refractivity contribution < 1.29 is 5.48 Å². The number of fused-ring (bicyclic) bond motifs is 7. The van der Waals surface area contributed by atoms with Gasteiger partial charge in [0.2, 0.25) is 0 Å². The third-order valence-electron chi connectivity index (χ3n) is 10.9. The Hall–Kier alpha value is -6.44. The molecule has 0 bridgehead atoms. The van der Waals surface area contributed by atoms with Crippen LogP contribution in [0.4, 0.5) is 17.1 Å². The van der Waals surface area contributed by atoms with Crippen LogP contribution in [0.25, 0.3) is 65.7 Å². The van der Waals surface area contributed by atoms with Gasteiger partial charge in [-0.25, -0.2) is 0 Å². The summed E-state index contributed by atoms with van der Waals surface area (Å²) in [6.45, 7) is 4.48. The Morgan fingerprint density at radius 1 is 0.385 bits per heavy atom. The number of hydrogen-bond donors (Lipinski definition) is 0. The van der Waals surface area contributed by atoms with Crippen molar-refractivity contribution in [1.29, 1.82) is 0 Å². The molecule has 0 amide bonds. The zero-order valence-corrected chi connectivity index (χ0v) is 29.0. The topological polar surface area (TPSA) is 3.24 Å². The quantitative estimate of drug-likeness (QED) is 0.165. The third-order valence-corrected chi connectivity index (χ3v) is 10.9. The Labute approximate surface area is 310 Å². The summed E-state index contributed by atoms with van der Waals surface area (Å²) in [5.74, 6) is 0. The van der Waals surface area contributed by atoms with Crippen molar-refractivity contribution in [2.24, 2.45) is 0 Å². The molecule has 0 saturated heterocycles. The Kier molecular flexibility index (Phi) is 6.00. The Morgan fingerprint density at radius 3 is 1.88 bits per heavy atom. The van der Waals surface area contributed by atoms with Crippen molar-refractivity contribution in [3.63, 3.8) is 0 Å². The van der Waals surface area contributed by atoms with E-state index in [2.05, 4.69) is 117 Å². The van der Waals surface area contributed by atoms with Gasteiger partial charge < -0.3 is 4.90 Å². The monoisotopic (exact) mass is 667 g/mol. The van der Waals surface area contributed by atoms with E-state index < -0.39 is 0 Å². The van der Waals surface area contributed by atoms with E-state index in [1.807, 2.05) is 65.6 Å². The molecule has 0 heterocycles. The number of nitrogens with zero attached hydrogens (tertiary/aromatic N) is 1. The van der Waals surface area contributed by atoms with Gasteiger partial charge in [-0.1, -0.05) is 153 Å². The summed E-state index contributed by atoms with van der Waals surface area (Å²) in [6, 6.07) is 55.8. The molecule has 9 aromatic rings. The maximum Gasteiger partial charge on any atom is 0.0645 e. The van der Waals surface area contributed by atoms with Crippen molar-refractivity contribution in [1.82, 2.24) is 0 Å². The highest BCUT2D eigenvalue weighted by Crippen LogP contribution is 2.50. The van der Waals surface area contributed by atoms with Crippen LogP contribution in [0.3, 0.4) is 0 Å². The average Bonchev–Trinajstić information content (AvgIpc) is 3.46. The van der Waals surface area contributed by atoms with Crippen LogP contribution in [0.2, 0.25) is 0 Å². The summed E-state index contributed by atoms with van der Waals surface area (Å²) in [5.41, 5.74) is 9.21. The maximum atomic E-state index is 9.63. The van der Waals surface area contributed by atoms with Crippen LogP contribution >= 0.6 is 0 Å². The minimum absolute atomic E-state index is 0.0780. The van der Waals surface area contributed by atoms with Crippen molar-refractivity contribution in [2.45, 2.75) is 19.3 Å². The van der Waals surface area contributed by atoms with Crippen molar-refractivity contribution >= 4 is 49.4 Å². The summed E-state index contributed by atoms with van der Waals surface area (Å²) in [4.78, 5) is 1.92. The predicted octanol–water partition coefficient (Wildman–Crippen LogP) is 14.3. The molecule has 1 nitrogen and oxygen atoms in total. The number of rotatable bonds is 5. The maximum absolute atomic E-state index is 9.63. The molecular weight excluding hydrogens is 627 g/mol. The molecule has 1 aliphatic carbocycles. The second-order valence-electron chi connectivity index (χ2n) is 14.3. The molecule has 0 radical (unpaired) electrons. The molecule has 0 unspecified atom stereocenters. The first-order valence-electron chi connectivity index (χ1n) is 19.8. The second kappa shape index (κ2) is 11.8. The van der Waals surface area contributed by atoms with Crippen LogP contribution in [-0.4, -0.2) is 0 Å². The van der Waals surface area contributed by atoms with Gasteiger partial charge in [-0.3, -0.25) is 0 Å². The molecule has 246 valence electrons. The molecule has 0 N–H and O–H groups in total. The van der Waals surface area contributed by atoms with E-state index in [4.69, 9.17) is 0 Å². The minimum Gasteiger partial charge on any atom is -0.310 e. The van der Waals surface area contributed by atoms with Crippen LogP contribution in [0.5, 0.6) is 0 Å². The molecule has 0 aromatic heterocycles. The number of anilines is 3. The van der Waals surface area contributed by atoms with E-state index in [0.29, 0.717) is 5.56 Å². The van der Waals surface area contributed by atoms with Crippen LogP contribution in [0.15, 0.2) is 188 Å². The number of benzene rings is 9. The smallest absolute Gasteiger partial charge is 0.0645 e. The zero-order valence-electron chi connectivity index (χ0n) is 33.0. The fourth-order valence-corrected chi connectivity index (χ4v) is 8.16. The largest absolute Gasteiger partial charge is 0.310 e. The predicted molar refractivity (Wildman–Crippen MR) is 222 cm³/mol. The van der Waals surface area contributed by atoms with Crippen LogP contribution in [0.1, 0.15) is 30.5 Å². The normalized spacial score (nSPS) is 14.0. The van der Waals surface area contributed by atoms with Gasteiger partial charge in [0.15, 0.2) is 0 Å². The minimum atomic E-state index is -0.277. The first-order valence-corrected chi connectivity index (χ1v) is 17.8. The molecule has 10 rings (SSSR count). The molecule has 9 aromatic carbocycles. The standard InChI is InChI=1S/C51H37N/c1-51(2)49-17-8-7-16-47(49)48-29-27-44(33-50(48)51)52(43-14-9-13-38(32-43)40-20-18-34-10-3-4-12-37(34)30-40)42-25-22-35(23-26-42)39-24-28-46-41(31-39)21-19-36-11-5-6-15-45(36)46/h3-33H,1-2H3/i22D,23D,25D,26D. The third kappa shape index (κ3) is 4.93. The summed E-state index contributed by atoms with van der Waals surface area (Å²) >= 11 is 0. The molecule has 0 saturated carbocycles. The van der Waals surface area contributed by atoms with Gasteiger partial charge in [0.1, 0.15) is 0 Å². The second-order valence-corrected chi connectivity index (χ2v) is 14.3. The lowest BCUT2D eigenvalue weighted by atomic mass is 9.82. The molecule has 1 aliphatic rings. The molecule has 0 fully saturated rings. The van der Waals surface area contributed by atoms with Gasteiger partial charge in [0, 0.05) is 22.5 Å². The highest BCUT2D eigenvalue weighted by molar-refractivity contribution is 6.08. The van der Waals surface area contributed by atoms with E-state index in [0.717, 1.165) is 60.6 Å². The van der Waals surface area contributed by atoms with Gasteiger partial charge in [0.05, 0.1) is 5.48 Å². The zero-order chi connectivity index (χ0) is 38.3. The summed E-state index contributed by atoms with van der Waals surface area (Å²) in [5, 5.41) is 6.65. The molecule has 0 spiro atoms. The highest BCUT2D eigenvalue weighted by Gasteiger charge is 2.35. The van der Waals surface area contributed by atoms with Gasteiger partial charge in [-0.05, 0) is 125 Å². The first kappa shape index (κ1) is 26.4. The Bertz CT molecular complexity index is 3040. The first-order chi connectivity index (χ1) is 27.2. The van der Waals surface area contributed by atoms with Gasteiger partial charge in [-0.2, -0.15) is 0 Å². The van der Waals surface area contributed by atoms with E-state index in [-0.39, 0.29) is 40.8 Å². The van der Waals surface area contributed by atoms with Crippen molar-refractivity contribution in [2.75, 3.05) is 4.90 Å². The van der Waals surface area contributed by atoms with E-state index >= 15 is 0 Å². The van der Waals surface area contributed by atoms with Crippen LogP contribution < -0.4 is 4.90 Å². The summed E-state index contributed by atoms with van der Waals surface area (Å²) < 4.78 is 38.2. The molecule has 0 aliphatic heterocycles.